The first-order chi connectivity index (χ1) is 9.35. The minimum atomic E-state index is -4.17. The van der Waals surface area contributed by atoms with Crippen LogP contribution >= 0.6 is 0 Å². The fourth-order valence-electron chi connectivity index (χ4n) is 1.47. The van der Waals surface area contributed by atoms with E-state index in [0.717, 1.165) is 5.56 Å². The molecule has 1 aromatic rings. The molecule has 9 heteroatoms. The summed E-state index contributed by atoms with van der Waals surface area (Å²) < 4.78 is 53.7. The van der Waals surface area contributed by atoms with Gasteiger partial charge in [-0.2, -0.15) is 8.78 Å². The summed E-state index contributed by atoms with van der Waals surface area (Å²) in [5.74, 6) is 1.40. The molecule has 114 valence electrons. The lowest BCUT2D eigenvalue weighted by Crippen LogP contribution is -2.42. The van der Waals surface area contributed by atoms with Crippen molar-refractivity contribution in [2.24, 2.45) is 5.84 Å². The summed E-state index contributed by atoms with van der Waals surface area (Å²) in [5, 5.41) is 0. The number of hydrogen-bond acceptors (Lipinski definition) is 5. The number of hydrogen-bond donors (Lipinski definition) is 3. The molecule has 0 fully saturated rings. The number of aromatic nitrogens is 1. The molecule has 1 heterocycles. The lowest BCUT2D eigenvalue weighted by Gasteiger charge is -2.19. The van der Waals surface area contributed by atoms with E-state index in [-0.39, 0.29) is 6.61 Å². The highest BCUT2D eigenvalue weighted by Gasteiger charge is 2.41. The van der Waals surface area contributed by atoms with E-state index in [0.29, 0.717) is 12.2 Å². The maximum atomic E-state index is 12.6. The quantitative estimate of drug-likeness (QED) is 0.378. The second-order valence-electron chi connectivity index (χ2n) is 4.23. The van der Waals surface area contributed by atoms with Crippen LogP contribution in [0.3, 0.4) is 0 Å². The molecule has 1 aromatic heterocycles. The van der Waals surface area contributed by atoms with Crippen molar-refractivity contribution >= 4 is 5.82 Å². The number of anilines is 1. The number of ether oxygens (including phenoxy) is 1. The van der Waals surface area contributed by atoms with Gasteiger partial charge < -0.3 is 10.5 Å². The van der Waals surface area contributed by atoms with Gasteiger partial charge in [0.05, 0.1) is 6.61 Å². The highest BCUT2D eigenvalue weighted by Crippen LogP contribution is 2.22. The molecule has 0 aliphatic carbocycles. The topological polar surface area (TPSA) is 86.2 Å². The van der Waals surface area contributed by atoms with E-state index >= 15 is 0 Å². The number of rotatable bonds is 8. The van der Waals surface area contributed by atoms with Gasteiger partial charge in [0.25, 0.3) is 0 Å². The molecule has 5 nitrogen and oxygen atoms in total. The molecule has 0 saturated heterocycles. The number of nitrogen functional groups attached to an aromatic ring is 1. The van der Waals surface area contributed by atoms with Crippen LogP contribution in [0.15, 0.2) is 18.3 Å². The average molecular weight is 296 g/mol. The third-order valence-electron chi connectivity index (χ3n) is 2.50. The first kappa shape index (κ1) is 16.6. The van der Waals surface area contributed by atoms with Crippen LogP contribution in [-0.4, -0.2) is 36.6 Å². The summed E-state index contributed by atoms with van der Waals surface area (Å²) in [4.78, 5) is 3.80. The average Bonchev–Trinajstić information content (AvgIpc) is 2.37. The van der Waals surface area contributed by atoms with E-state index in [1.54, 1.807) is 12.1 Å². The molecule has 1 atom stereocenters. The number of nitrogens with one attached hydrogen (secondary N) is 1. The Hall–Kier alpha value is -1.45. The molecular weight excluding hydrogens is 280 g/mol. The number of nitrogens with two attached hydrogens (primary N) is 2. The fourth-order valence-corrected chi connectivity index (χ4v) is 1.47. The van der Waals surface area contributed by atoms with E-state index in [9.17, 15) is 17.6 Å². The SMILES string of the molecule is NNC(COCC(F)(F)C(F)F)Cc1ccnc(N)c1. The Morgan fingerprint density at radius 2 is 2.10 bits per heavy atom. The van der Waals surface area contributed by atoms with Crippen LogP contribution in [-0.2, 0) is 11.2 Å². The van der Waals surface area contributed by atoms with Crippen molar-refractivity contribution in [3.05, 3.63) is 23.9 Å². The summed E-state index contributed by atoms with van der Waals surface area (Å²) in [6.07, 6.45) is -1.93. The van der Waals surface area contributed by atoms with Gasteiger partial charge in [-0.3, -0.25) is 11.3 Å². The van der Waals surface area contributed by atoms with E-state index in [2.05, 4.69) is 15.1 Å². The Morgan fingerprint density at radius 1 is 1.40 bits per heavy atom. The molecule has 0 bridgehead atoms. The molecule has 0 saturated carbocycles. The van der Waals surface area contributed by atoms with Gasteiger partial charge in [0.1, 0.15) is 12.4 Å². The van der Waals surface area contributed by atoms with Crippen LogP contribution in [0.2, 0.25) is 0 Å². The monoisotopic (exact) mass is 296 g/mol. The minimum Gasteiger partial charge on any atom is -0.384 e. The third kappa shape index (κ3) is 5.27. The molecule has 0 aliphatic heterocycles. The minimum absolute atomic E-state index is 0.235. The molecule has 0 spiro atoms. The number of halogens is 4. The first-order valence-corrected chi connectivity index (χ1v) is 5.75. The van der Waals surface area contributed by atoms with E-state index in [1.165, 1.54) is 6.20 Å². The highest BCUT2D eigenvalue weighted by atomic mass is 19.3. The Bertz CT molecular complexity index is 419. The fraction of sp³-hybridized carbons (Fsp3) is 0.545. The predicted molar refractivity (Wildman–Crippen MR) is 65.2 cm³/mol. The largest absolute Gasteiger partial charge is 0.384 e. The van der Waals surface area contributed by atoms with Gasteiger partial charge in [-0.05, 0) is 24.1 Å². The lowest BCUT2D eigenvalue weighted by molar-refractivity contribution is -0.167. The van der Waals surface area contributed by atoms with Gasteiger partial charge in [-0.25, -0.2) is 13.8 Å². The molecule has 0 aromatic carbocycles. The van der Waals surface area contributed by atoms with Gasteiger partial charge >= 0.3 is 12.3 Å². The van der Waals surface area contributed by atoms with Crippen LogP contribution in [0.25, 0.3) is 0 Å². The normalized spacial score (nSPS) is 13.7. The molecule has 0 radical (unpaired) electrons. The second kappa shape index (κ2) is 7.36. The summed E-state index contributed by atoms with van der Waals surface area (Å²) >= 11 is 0. The standard InChI is InChI=1S/C11H16F4N4O/c12-10(13)11(14,15)6-20-5-8(19-17)3-7-1-2-18-9(16)4-7/h1-2,4,8,10,19H,3,5-6,17H2,(H2,16,18). The van der Waals surface area contributed by atoms with Crippen molar-refractivity contribution in [2.45, 2.75) is 24.8 Å². The number of pyridine rings is 1. The molecule has 20 heavy (non-hydrogen) atoms. The highest BCUT2D eigenvalue weighted by molar-refractivity contribution is 5.32. The second-order valence-corrected chi connectivity index (χ2v) is 4.23. The Labute approximate surface area is 113 Å². The molecule has 0 amide bonds. The van der Waals surface area contributed by atoms with E-state index < -0.39 is 25.0 Å². The van der Waals surface area contributed by atoms with E-state index in [1.807, 2.05) is 0 Å². The molecule has 0 aliphatic rings. The van der Waals surface area contributed by atoms with Crippen LogP contribution in [0, 0.1) is 0 Å². The van der Waals surface area contributed by atoms with Crippen molar-refractivity contribution in [2.75, 3.05) is 18.9 Å². The van der Waals surface area contributed by atoms with Crippen molar-refractivity contribution < 1.29 is 22.3 Å². The van der Waals surface area contributed by atoms with Gasteiger partial charge in [0, 0.05) is 12.2 Å². The Morgan fingerprint density at radius 3 is 2.65 bits per heavy atom. The van der Waals surface area contributed by atoms with Gasteiger partial charge in [0.2, 0.25) is 0 Å². The molecule has 5 N–H and O–H groups in total. The predicted octanol–water partition coefficient (Wildman–Crippen LogP) is 0.955. The zero-order chi connectivity index (χ0) is 15.2. The van der Waals surface area contributed by atoms with Crippen molar-refractivity contribution in [1.82, 2.24) is 10.4 Å². The van der Waals surface area contributed by atoms with Crippen molar-refractivity contribution in [3.63, 3.8) is 0 Å². The zero-order valence-electron chi connectivity index (χ0n) is 10.5. The third-order valence-corrected chi connectivity index (χ3v) is 2.50. The maximum Gasteiger partial charge on any atom is 0.330 e. The summed E-state index contributed by atoms with van der Waals surface area (Å²) in [5.41, 5.74) is 8.62. The van der Waals surface area contributed by atoms with Gasteiger partial charge in [-0.1, -0.05) is 0 Å². The van der Waals surface area contributed by atoms with Crippen LogP contribution in [0.1, 0.15) is 5.56 Å². The van der Waals surface area contributed by atoms with Crippen LogP contribution in [0.5, 0.6) is 0 Å². The van der Waals surface area contributed by atoms with E-state index in [4.69, 9.17) is 11.6 Å². The molecular formula is C11H16F4N4O. The lowest BCUT2D eigenvalue weighted by atomic mass is 10.1. The number of hydrazine groups is 1. The molecule has 1 rings (SSSR count). The van der Waals surface area contributed by atoms with Crippen molar-refractivity contribution in [3.8, 4) is 0 Å². The van der Waals surface area contributed by atoms with Crippen molar-refractivity contribution in [1.29, 1.82) is 0 Å². The summed E-state index contributed by atoms with van der Waals surface area (Å²) in [6.45, 7) is -1.59. The molecule has 1 unspecified atom stereocenters. The number of nitrogens with zero attached hydrogens (tertiary/aromatic N) is 1. The van der Waals surface area contributed by atoms with Gasteiger partial charge in [-0.15, -0.1) is 0 Å². The van der Waals surface area contributed by atoms with Crippen LogP contribution in [0.4, 0.5) is 23.4 Å². The number of alkyl halides is 4. The first-order valence-electron chi connectivity index (χ1n) is 5.75. The maximum absolute atomic E-state index is 12.6. The Balaban J connectivity index is 2.44. The summed E-state index contributed by atoms with van der Waals surface area (Å²) in [6, 6.07) is 2.76. The Kier molecular flexibility index (Phi) is 6.11. The van der Waals surface area contributed by atoms with Gasteiger partial charge in [0.15, 0.2) is 0 Å². The summed E-state index contributed by atoms with van der Waals surface area (Å²) in [7, 11) is 0. The zero-order valence-corrected chi connectivity index (χ0v) is 10.5. The van der Waals surface area contributed by atoms with Crippen LogP contribution < -0.4 is 17.0 Å². The smallest absolute Gasteiger partial charge is 0.330 e.